The monoisotopic (exact) mass is 199 g/mol. The van der Waals surface area contributed by atoms with E-state index in [-0.39, 0.29) is 11.9 Å². The van der Waals surface area contributed by atoms with Gasteiger partial charge in [0, 0.05) is 13.1 Å². The number of likely N-dealkylation sites (tertiary alicyclic amines) is 1. The van der Waals surface area contributed by atoms with Gasteiger partial charge in [-0.3, -0.25) is 9.69 Å². The van der Waals surface area contributed by atoms with Gasteiger partial charge in [-0.1, -0.05) is 0 Å². The smallest absolute Gasteiger partial charge is 0.324 e. The Morgan fingerprint density at radius 2 is 2.36 bits per heavy atom. The van der Waals surface area contributed by atoms with Crippen LogP contribution in [-0.4, -0.2) is 36.0 Å². The van der Waals surface area contributed by atoms with Gasteiger partial charge >= 0.3 is 6.03 Å². The quantitative estimate of drug-likeness (QED) is 0.627. The van der Waals surface area contributed by atoms with E-state index in [2.05, 4.69) is 5.32 Å². The fourth-order valence-electron chi connectivity index (χ4n) is 1.52. The van der Waals surface area contributed by atoms with Gasteiger partial charge in [0.1, 0.15) is 0 Å². The predicted octanol–water partition coefficient (Wildman–Crippen LogP) is 0.0557. The highest BCUT2D eigenvalue weighted by Crippen LogP contribution is 2.10. The fraction of sp³-hybridized carbons (Fsp3) is 0.778. The maximum atomic E-state index is 11.6. The van der Waals surface area contributed by atoms with Crippen molar-refractivity contribution in [3.05, 3.63) is 0 Å². The lowest BCUT2D eigenvalue weighted by Gasteiger charge is -2.20. The van der Waals surface area contributed by atoms with Gasteiger partial charge in [0.25, 0.3) is 0 Å². The van der Waals surface area contributed by atoms with Gasteiger partial charge in [-0.2, -0.15) is 0 Å². The highest BCUT2D eigenvalue weighted by molar-refractivity contribution is 5.97. The summed E-state index contributed by atoms with van der Waals surface area (Å²) in [7, 11) is 0. The summed E-state index contributed by atoms with van der Waals surface area (Å²) in [5.41, 5.74) is 5.63. The maximum Gasteiger partial charge on any atom is 0.324 e. The molecule has 1 aliphatic heterocycles. The van der Waals surface area contributed by atoms with Crippen molar-refractivity contribution >= 4 is 11.9 Å². The summed E-state index contributed by atoms with van der Waals surface area (Å²) in [4.78, 5) is 24.3. The van der Waals surface area contributed by atoms with Crippen molar-refractivity contribution in [3.8, 4) is 0 Å². The Bertz CT molecular complexity index is 230. The largest absolute Gasteiger partial charge is 0.338 e. The summed E-state index contributed by atoms with van der Waals surface area (Å²) in [5.74, 6) is -0.256. The second-order valence-corrected chi connectivity index (χ2v) is 3.43. The lowest BCUT2D eigenvalue weighted by molar-refractivity contribution is -0.129. The number of hydrogen-bond acceptors (Lipinski definition) is 3. The zero-order chi connectivity index (χ0) is 10.6. The summed E-state index contributed by atoms with van der Waals surface area (Å²) >= 11 is 0. The standard InChI is InChI=1S/C9H17N3O2/c1-2-11-9(14)12-6-4-3-5-7(10)8(12)13/h7H,2-6,10H2,1H3,(H,11,14)/t7-/m0/s1. The molecule has 3 amide bonds. The molecule has 0 radical (unpaired) electrons. The zero-order valence-corrected chi connectivity index (χ0v) is 8.45. The van der Waals surface area contributed by atoms with Crippen molar-refractivity contribution in [2.75, 3.05) is 13.1 Å². The number of nitrogens with zero attached hydrogens (tertiary/aromatic N) is 1. The van der Waals surface area contributed by atoms with Crippen LogP contribution >= 0.6 is 0 Å². The van der Waals surface area contributed by atoms with Crippen LogP contribution in [0, 0.1) is 0 Å². The molecule has 5 heteroatoms. The number of nitrogens with two attached hydrogens (primary N) is 1. The first kappa shape index (κ1) is 11.0. The number of amides is 3. The van der Waals surface area contributed by atoms with Crippen LogP contribution in [0.2, 0.25) is 0 Å². The Balaban J connectivity index is 2.64. The van der Waals surface area contributed by atoms with E-state index in [1.165, 1.54) is 4.90 Å². The molecule has 1 saturated heterocycles. The van der Waals surface area contributed by atoms with E-state index in [0.717, 1.165) is 12.8 Å². The molecule has 1 fully saturated rings. The molecule has 5 nitrogen and oxygen atoms in total. The second-order valence-electron chi connectivity index (χ2n) is 3.43. The third-order valence-corrected chi connectivity index (χ3v) is 2.30. The van der Waals surface area contributed by atoms with Gasteiger partial charge in [-0.25, -0.2) is 4.79 Å². The van der Waals surface area contributed by atoms with Crippen LogP contribution in [0.1, 0.15) is 26.2 Å². The molecule has 1 aliphatic rings. The number of carbonyl (C=O) groups is 2. The maximum absolute atomic E-state index is 11.6. The van der Waals surface area contributed by atoms with E-state index in [0.29, 0.717) is 19.5 Å². The Labute approximate surface area is 83.6 Å². The van der Waals surface area contributed by atoms with Gasteiger partial charge in [0.15, 0.2) is 0 Å². The molecule has 0 unspecified atom stereocenters. The van der Waals surface area contributed by atoms with Crippen LogP contribution in [0.15, 0.2) is 0 Å². The molecule has 0 saturated carbocycles. The van der Waals surface area contributed by atoms with E-state index >= 15 is 0 Å². The molecule has 80 valence electrons. The molecular formula is C9H17N3O2. The third kappa shape index (κ3) is 2.45. The molecule has 0 aromatic carbocycles. The van der Waals surface area contributed by atoms with Crippen molar-refractivity contribution in [2.45, 2.75) is 32.2 Å². The van der Waals surface area contributed by atoms with E-state index in [9.17, 15) is 9.59 Å². The third-order valence-electron chi connectivity index (χ3n) is 2.30. The van der Waals surface area contributed by atoms with Crippen molar-refractivity contribution in [2.24, 2.45) is 5.73 Å². The molecule has 0 aromatic rings. The van der Waals surface area contributed by atoms with Crippen LogP contribution in [0.4, 0.5) is 4.79 Å². The molecule has 14 heavy (non-hydrogen) atoms. The molecule has 0 spiro atoms. The Morgan fingerprint density at radius 3 is 3.00 bits per heavy atom. The van der Waals surface area contributed by atoms with Crippen molar-refractivity contribution in [1.82, 2.24) is 10.2 Å². The molecule has 1 atom stereocenters. The van der Waals surface area contributed by atoms with E-state index < -0.39 is 6.04 Å². The summed E-state index contributed by atoms with van der Waals surface area (Å²) in [6.07, 6.45) is 2.42. The lowest BCUT2D eigenvalue weighted by atomic mass is 10.1. The summed E-state index contributed by atoms with van der Waals surface area (Å²) in [5, 5.41) is 2.60. The first-order chi connectivity index (χ1) is 6.66. The molecule has 0 aliphatic carbocycles. The van der Waals surface area contributed by atoms with Gasteiger partial charge in [0.05, 0.1) is 6.04 Å². The first-order valence-corrected chi connectivity index (χ1v) is 5.01. The Morgan fingerprint density at radius 1 is 1.64 bits per heavy atom. The highest BCUT2D eigenvalue weighted by atomic mass is 16.2. The van der Waals surface area contributed by atoms with E-state index in [1.54, 1.807) is 0 Å². The van der Waals surface area contributed by atoms with Crippen LogP contribution < -0.4 is 11.1 Å². The molecular weight excluding hydrogens is 182 g/mol. The summed E-state index contributed by atoms with van der Waals surface area (Å²) in [6, 6.07) is -0.838. The van der Waals surface area contributed by atoms with Crippen LogP contribution in [-0.2, 0) is 4.79 Å². The van der Waals surface area contributed by atoms with Gasteiger partial charge in [-0.15, -0.1) is 0 Å². The normalized spacial score (nSPS) is 23.1. The Hall–Kier alpha value is -1.10. The number of imide groups is 1. The minimum absolute atomic E-state index is 0.256. The van der Waals surface area contributed by atoms with Crippen LogP contribution in [0.5, 0.6) is 0 Å². The highest BCUT2D eigenvalue weighted by Gasteiger charge is 2.27. The SMILES string of the molecule is CCNC(=O)N1CCCC[C@H](N)C1=O. The van der Waals surface area contributed by atoms with Crippen molar-refractivity contribution < 1.29 is 9.59 Å². The minimum atomic E-state index is -0.514. The number of rotatable bonds is 1. The predicted molar refractivity (Wildman–Crippen MR) is 52.6 cm³/mol. The van der Waals surface area contributed by atoms with Crippen LogP contribution in [0.3, 0.4) is 0 Å². The average Bonchev–Trinajstić information content (AvgIpc) is 2.31. The van der Waals surface area contributed by atoms with Gasteiger partial charge in [-0.05, 0) is 26.2 Å². The summed E-state index contributed by atoms with van der Waals surface area (Å²) < 4.78 is 0. The fourth-order valence-corrected chi connectivity index (χ4v) is 1.52. The molecule has 3 N–H and O–H groups in total. The van der Waals surface area contributed by atoms with E-state index in [1.807, 2.05) is 6.92 Å². The molecule has 0 bridgehead atoms. The second kappa shape index (κ2) is 4.95. The lowest BCUT2D eigenvalue weighted by Crippen LogP contribution is -2.49. The van der Waals surface area contributed by atoms with Crippen LogP contribution in [0.25, 0.3) is 0 Å². The average molecular weight is 199 g/mol. The topological polar surface area (TPSA) is 75.4 Å². The van der Waals surface area contributed by atoms with E-state index in [4.69, 9.17) is 5.73 Å². The number of carbonyl (C=O) groups excluding carboxylic acids is 2. The van der Waals surface area contributed by atoms with Gasteiger partial charge < -0.3 is 11.1 Å². The van der Waals surface area contributed by atoms with Crippen molar-refractivity contribution in [1.29, 1.82) is 0 Å². The minimum Gasteiger partial charge on any atom is -0.338 e. The van der Waals surface area contributed by atoms with Gasteiger partial charge in [0.2, 0.25) is 5.91 Å². The van der Waals surface area contributed by atoms with Crippen molar-refractivity contribution in [3.63, 3.8) is 0 Å². The number of urea groups is 1. The zero-order valence-electron chi connectivity index (χ0n) is 8.45. The summed E-state index contributed by atoms with van der Waals surface area (Å²) in [6.45, 7) is 2.83. The molecule has 0 aromatic heterocycles. The molecule has 1 heterocycles. The Kier molecular flexibility index (Phi) is 3.88. The number of nitrogens with one attached hydrogen (secondary N) is 1. The number of hydrogen-bond donors (Lipinski definition) is 2. The molecule has 1 rings (SSSR count). The first-order valence-electron chi connectivity index (χ1n) is 5.01.